The van der Waals surface area contributed by atoms with Crippen LogP contribution in [0.3, 0.4) is 0 Å². The number of carbonyl (C=O) groups is 2. The smallest absolute Gasteiger partial charge is 0.264 e. The van der Waals surface area contributed by atoms with Crippen LogP contribution in [-0.4, -0.2) is 16.8 Å². The number of hydrogen-bond donors (Lipinski definition) is 1. The Morgan fingerprint density at radius 2 is 1.60 bits per heavy atom. The van der Waals surface area contributed by atoms with Gasteiger partial charge in [-0.2, -0.15) is 0 Å². The number of carbonyl (C=O) groups excluding carboxylic acids is 2. The van der Waals surface area contributed by atoms with Gasteiger partial charge in [0, 0.05) is 21.2 Å². The van der Waals surface area contributed by atoms with E-state index >= 15 is 0 Å². The highest BCUT2D eigenvalue weighted by molar-refractivity contribution is 6.34. The van der Waals surface area contributed by atoms with Crippen LogP contribution in [0, 0.1) is 0 Å². The van der Waals surface area contributed by atoms with Crippen LogP contribution in [0.15, 0.2) is 66.7 Å². The van der Waals surface area contributed by atoms with Crippen LogP contribution < -0.4 is 4.90 Å². The van der Waals surface area contributed by atoms with Gasteiger partial charge in [0.15, 0.2) is 11.4 Å². The Morgan fingerprint density at radius 3 is 2.30 bits per heavy atom. The van der Waals surface area contributed by atoms with Crippen molar-refractivity contribution in [3.05, 3.63) is 98.5 Å². The minimum atomic E-state index is -2.04. The van der Waals surface area contributed by atoms with E-state index in [1.807, 2.05) is 0 Å². The molecule has 0 spiro atoms. The zero-order valence-electron chi connectivity index (χ0n) is 15.6. The van der Waals surface area contributed by atoms with Crippen molar-refractivity contribution in [2.24, 2.45) is 0 Å². The lowest BCUT2D eigenvalue weighted by molar-refractivity contribution is -0.136. The van der Waals surface area contributed by atoms with Gasteiger partial charge in [0.2, 0.25) is 0 Å². The Hall–Kier alpha value is -2.37. The lowest BCUT2D eigenvalue weighted by Crippen LogP contribution is -2.41. The molecule has 7 heteroatoms. The SMILES string of the molecule is O=C(CC1(O)C(=O)N(Cc2ccc(Cl)cc2)c2ccc(Cl)cc21)c1ccccc1Cl. The summed E-state index contributed by atoms with van der Waals surface area (Å²) in [6.07, 6.45) is -0.444. The van der Waals surface area contributed by atoms with Crippen molar-refractivity contribution in [3.63, 3.8) is 0 Å². The molecule has 4 rings (SSSR count). The zero-order valence-corrected chi connectivity index (χ0v) is 17.9. The number of Topliss-reactive ketones (excluding diaryl/α,β-unsaturated/α-hetero) is 1. The maximum atomic E-state index is 13.3. The first-order valence-corrected chi connectivity index (χ1v) is 10.3. The first kappa shape index (κ1) is 20.9. The number of halogens is 3. The second kappa shape index (κ2) is 8.05. The molecule has 0 fully saturated rings. The van der Waals surface area contributed by atoms with Gasteiger partial charge < -0.3 is 10.0 Å². The number of amides is 1. The summed E-state index contributed by atoms with van der Waals surface area (Å²) in [5.74, 6) is -1.02. The van der Waals surface area contributed by atoms with Crippen LogP contribution in [0.5, 0.6) is 0 Å². The third kappa shape index (κ3) is 3.72. The molecule has 1 atom stereocenters. The van der Waals surface area contributed by atoms with E-state index in [4.69, 9.17) is 34.8 Å². The molecule has 1 heterocycles. The van der Waals surface area contributed by atoms with E-state index < -0.39 is 23.7 Å². The standard InChI is InChI=1S/C23H16Cl3NO3/c24-15-7-5-14(6-8-15)13-27-20-10-9-16(25)11-18(20)23(30,22(27)29)12-21(28)17-3-1-2-4-19(17)26/h1-11,30H,12-13H2. The van der Waals surface area contributed by atoms with Crippen molar-refractivity contribution < 1.29 is 14.7 Å². The van der Waals surface area contributed by atoms with Gasteiger partial charge in [-0.3, -0.25) is 9.59 Å². The highest BCUT2D eigenvalue weighted by Crippen LogP contribution is 2.45. The summed E-state index contributed by atoms with van der Waals surface area (Å²) < 4.78 is 0. The summed E-state index contributed by atoms with van der Waals surface area (Å²) in [5.41, 5.74) is -0.151. The topological polar surface area (TPSA) is 57.6 Å². The van der Waals surface area contributed by atoms with Crippen molar-refractivity contribution in [2.45, 2.75) is 18.6 Å². The molecule has 30 heavy (non-hydrogen) atoms. The summed E-state index contributed by atoms with van der Waals surface area (Å²) in [6.45, 7) is 0.216. The minimum Gasteiger partial charge on any atom is -0.375 e. The highest BCUT2D eigenvalue weighted by Gasteiger charge is 2.51. The van der Waals surface area contributed by atoms with Crippen molar-refractivity contribution in [3.8, 4) is 0 Å². The van der Waals surface area contributed by atoms with Crippen molar-refractivity contribution in [1.29, 1.82) is 0 Å². The number of ketones is 1. The molecule has 0 aliphatic carbocycles. The van der Waals surface area contributed by atoms with Crippen LogP contribution in [0.2, 0.25) is 15.1 Å². The Bertz CT molecular complexity index is 1150. The zero-order chi connectivity index (χ0) is 21.5. The van der Waals surface area contributed by atoms with E-state index in [0.717, 1.165) is 5.56 Å². The van der Waals surface area contributed by atoms with Crippen LogP contribution in [0.1, 0.15) is 27.9 Å². The average Bonchev–Trinajstić information content (AvgIpc) is 2.91. The van der Waals surface area contributed by atoms with Crippen LogP contribution >= 0.6 is 34.8 Å². The Morgan fingerprint density at radius 1 is 0.933 bits per heavy atom. The molecule has 3 aromatic carbocycles. The lowest BCUT2D eigenvalue weighted by Gasteiger charge is -2.23. The third-order valence-corrected chi connectivity index (χ3v) is 5.96. The molecule has 4 nitrogen and oxygen atoms in total. The number of hydrogen-bond acceptors (Lipinski definition) is 3. The van der Waals surface area contributed by atoms with Crippen molar-refractivity contribution in [1.82, 2.24) is 0 Å². The molecule has 1 amide bonds. The molecule has 0 saturated carbocycles. The summed E-state index contributed by atoms with van der Waals surface area (Å²) in [4.78, 5) is 27.7. The highest BCUT2D eigenvalue weighted by atomic mass is 35.5. The number of anilines is 1. The number of aliphatic hydroxyl groups is 1. The third-order valence-electron chi connectivity index (χ3n) is 5.14. The molecule has 1 aliphatic rings. The van der Waals surface area contributed by atoms with Gasteiger partial charge in [0.25, 0.3) is 5.91 Å². The first-order valence-electron chi connectivity index (χ1n) is 9.16. The van der Waals surface area contributed by atoms with Gasteiger partial charge in [0.1, 0.15) is 0 Å². The van der Waals surface area contributed by atoms with Gasteiger partial charge in [-0.05, 0) is 48.0 Å². The molecule has 1 N–H and O–H groups in total. The summed E-state index contributed by atoms with van der Waals surface area (Å²) in [5, 5.41) is 12.6. The molecular formula is C23H16Cl3NO3. The predicted octanol–water partition coefficient (Wildman–Crippen LogP) is 5.65. The van der Waals surface area contributed by atoms with Gasteiger partial charge >= 0.3 is 0 Å². The summed E-state index contributed by atoms with van der Waals surface area (Å²) in [7, 11) is 0. The maximum absolute atomic E-state index is 13.3. The fraction of sp³-hybridized carbons (Fsp3) is 0.130. The molecule has 3 aromatic rings. The molecule has 1 unspecified atom stereocenters. The average molecular weight is 461 g/mol. The Balaban J connectivity index is 1.72. The largest absolute Gasteiger partial charge is 0.375 e. The molecule has 0 saturated heterocycles. The molecule has 152 valence electrons. The van der Waals surface area contributed by atoms with E-state index in [1.54, 1.807) is 60.7 Å². The van der Waals surface area contributed by atoms with Crippen molar-refractivity contribution >= 4 is 52.2 Å². The quantitative estimate of drug-likeness (QED) is 0.500. The minimum absolute atomic E-state index is 0.216. The second-order valence-corrected chi connectivity index (χ2v) is 8.40. The molecule has 0 aromatic heterocycles. The van der Waals surface area contributed by atoms with E-state index in [-0.39, 0.29) is 17.1 Å². The molecule has 0 bridgehead atoms. The second-order valence-electron chi connectivity index (χ2n) is 7.12. The van der Waals surface area contributed by atoms with E-state index in [1.165, 1.54) is 11.0 Å². The van der Waals surface area contributed by atoms with Gasteiger partial charge in [-0.25, -0.2) is 0 Å². The normalized spacial score (nSPS) is 17.9. The van der Waals surface area contributed by atoms with Gasteiger partial charge in [-0.1, -0.05) is 59.1 Å². The van der Waals surface area contributed by atoms with Crippen LogP contribution in [0.25, 0.3) is 0 Å². The van der Waals surface area contributed by atoms with E-state index in [9.17, 15) is 14.7 Å². The molecule has 0 radical (unpaired) electrons. The van der Waals surface area contributed by atoms with Gasteiger partial charge in [0.05, 0.1) is 23.7 Å². The summed E-state index contributed by atoms with van der Waals surface area (Å²) in [6, 6.07) is 18.4. The fourth-order valence-corrected chi connectivity index (χ4v) is 4.18. The number of nitrogens with zero attached hydrogens (tertiary/aromatic N) is 1. The van der Waals surface area contributed by atoms with E-state index in [2.05, 4.69) is 0 Å². The Kier molecular flexibility index (Phi) is 5.60. The molecular weight excluding hydrogens is 445 g/mol. The van der Waals surface area contributed by atoms with Crippen LogP contribution in [-0.2, 0) is 16.9 Å². The lowest BCUT2D eigenvalue weighted by atomic mass is 9.88. The first-order chi connectivity index (χ1) is 14.3. The fourth-order valence-electron chi connectivity index (χ4n) is 3.64. The van der Waals surface area contributed by atoms with Gasteiger partial charge in [-0.15, -0.1) is 0 Å². The maximum Gasteiger partial charge on any atom is 0.264 e. The summed E-state index contributed by atoms with van der Waals surface area (Å²) >= 11 is 18.2. The number of benzene rings is 3. The van der Waals surface area contributed by atoms with Crippen LogP contribution in [0.4, 0.5) is 5.69 Å². The number of rotatable bonds is 5. The number of fused-ring (bicyclic) bond motifs is 1. The van der Waals surface area contributed by atoms with Crippen molar-refractivity contribution in [2.75, 3.05) is 4.90 Å². The molecule has 1 aliphatic heterocycles. The Labute approximate surface area is 188 Å². The monoisotopic (exact) mass is 459 g/mol. The van der Waals surface area contributed by atoms with E-state index in [0.29, 0.717) is 21.3 Å². The predicted molar refractivity (Wildman–Crippen MR) is 118 cm³/mol.